The number of morpholine rings is 1. The second kappa shape index (κ2) is 6.03. The van der Waals surface area contributed by atoms with Crippen molar-refractivity contribution in [1.29, 1.82) is 0 Å². The number of imidazole rings is 1. The van der Waals surface area contributed by atoms with Crippen molar-refractivity contribution in [3.8, 4) is 11.3 Å². The van der Waals surface area contributed by atoms with Crippen molar-refractivity contribution in [1.82, 2.24) is 19.5 Å². The van der Waals surface area contributed by atoms with Crippen LogP contribution in [0, 0.1) is 6.92 Å². The van der Waals surface area contributed by atoms with Crippen LogP contribution in [0.3, 0.4) is 0 Å². The number of nitrogens with zero attached hydrogens (tertiary/aromatic N) is 5. The molecule has 3 heterocycles. The number of aromatic nitrogens is 4. The van der Waals surface area contributed by atoms with Crippen molar-refractivity contribution in [3.63, 3.8) is 0 Å². The van der Waals surface area contributed by atoms with Crippen molar-refractivity contribution < 1.29 is 4.74 Å². The van der Waals surface area contributed by atoms with E-state index >= 15 is 0 Å². The number of aryl methyl sites for hydroxylation is 2. The summed E-state index contributed by atoms with van der Waals surface area (Å²) in [6.07, 6.45) is 0. The van der Waals surface area contributed by atoms with E-state index < -0.39 is 0 Å². The molecule has 1 aliphatic rings. The highest BCUT2D eigenvalue weighted by Crippen LogP contribution is 2.26. The lowest BCUT2D eigenvalue weighted by Gasteiger charge is -2.27. The van der Waals surface area contributed by atoms with E-state index in [-0.39, 0.29) is 0 Å². The normalized spacial score (nSPS) is 15.2. The molecule has 0 N–H and O–H groups in total. The molecule has 124 valence electrons. The van der Waals surface area contributed by atoms with Crippen LogP contribution in [-0.2, 0) is 11.8 Å². The van der Waals surface area contributed by atoms with Crippen molar-refractivity contribution >= 4 is 28.6 Å². The number of halogens is 1. The van der Waals surface area contributed by atoms with Gasteiger partial charge in [-0.1, -0.05) is 17.7 Å². The summed E-state index contributed by atoms with van der Waals surface area (Å²) >= 11 is 6.25. The zero-order valence-electron chi connectivity index (χ0n) is 13.7. The molecule has 7 heteroatoms. The number of anilines is 1. The quantitative estimate of drug-likeness (QED) is 0.670. The first kappa shape index (κ1) is 15.4. The molecule has 24 heavy (non-hydrogen) atoms. The Hall–Kier alpha value is -2.18. The van der Waals surface area contributed by atoms with E-state index in [1.807, 2.05) is 26.1 Å². The van der Waals surface area contributed by atoms with Crippen LogP contribution in [0.15, 0.2) is 24.3 Å². The maximum Gasteiger partial charge on any atom is 0.227 e. The largest absolute Gasteiger partial charge is 0.378 e. The van der Waals surface area contributed by atoms with Crippen LogP contribution < -0.4 is 4.90 Å². The third kappa shape index (κ3) is 2.72. The zero-order valence-corrected chi connectivity index (χ0v) is 14.4. The highest BCUT2D eigenvalue weighted by molar-refractivity contribution is 6.29. The van der Waals surface area contributed by atoms with Crippen LogP contribution in [0.4, 0.5) is 5.95 Å². The minimum atomic E-state index is 0.447. The van der Waals surface area contributed by atoms with Crippen LogP contribution in [-0.4, -0.2) is 45.8 Å². The Labute approximate surface area is 145 Å². The first-order chi connectivity index (χ1) is 11.6. The summed E-state index contributed by atoms with van der Waals surface area (Å²) in [6.45, 7) is 4.92. The molecule has 1 aliphatic heterocycles. The molecular weight excluding hydrogens is 326 g/mol. The summed E-state index contributed by atoms with van der Waals surface area (Å²) < 4.78 is 7.46. The Morgan fingerprint density at radius 1 is 1.08 bits per heavy atom. The minimum absolute atomic E-state index is 0.447. The minimum Gasteiger partial charge on any atom is -0.378 e. The Balaban J connectivity index is 1.78. The average Bonchev–Trinajstić information content (AvgIpc) is 2.89. The molecule has 0 bridgehead atoms. The van der Waals surface area contributed by atoms with E-state index in [0.29, 0.717) is 24.3 Å². The second-order valence-electron chi connectivity index (χ2n) is 5.90. The molecule has 2 aromatic heterocycles. The van der Waals surface area contributed by atoms with E-state index in [1.54, 1.807) is 6.07 Å². The Kier molecular flexibility index (Phi) is 3.86. The van der Waals surface area contributed by atoms with E-state index in [1.165, 1.54) is 0 Å². The standard InChI is InChI=1S/C17H18ClN5O/c1-11-19-13-4-3-12(9-15(13)22(11)2)14-10-16(18)21-17(20-14)23-5-7-24-8-6-23/h3-4,9-10H,5-8H2,1-2H3. The summed E-state index contributed by atoms with van der Waals surface area (Å²) in [5.41, 5.74) is 3.88. The number of hydrogen-bond donors (Lipinski definition) is 0. The highest BCUT2D eigenvalue weighted by atomic mass is 35.5. The van der Waals surface area contributed by atoms with Gasteiger partial charge in [0.15, 0.2) is 0 Å². The van der Waals surface area contributed by atoms with Crippen LogP contribution in [0.5, 0.6) is 0 Å². The maximum absolute atomic E-state index is 6.25. The molecule has 1 saturated heterocycles. The molecular formula is C17H18ClN5O. The Morgan fingerprint density at radius 3 is 2.67 bits per heavy atom. The Morgan fingerprint density at radius 2 is 1.88 bits per heavy atom. The molecule has 0 amide bonds. The van der Waals surface area contributed by atoms with Crippen molar-refractivity contribution in [2.45, 2.75) is 6.92 Å². The van der Waals surface area contributed by atoms with Gasteiger partial charge in [-0.2, -0.15) is 0 Å². The van der Waals surface area contributed by atoms with Crippen LogP contribution in [0.2, 0.25) is 5.15 Å². The molecule has 1 fully saturated rings. The number of benzene rings is 1. The topological polar surface area (TPSA) is 56.1 Å². The van der Waals surface area contributed by atoms with Gasteiger partial charge in [-0.15, -0.1) is 0 Å². The molecule has 4 rings (SSSR count). The lowest BCUT2D eigenvalue weighted by molar-refractivity contribution is 0.122. The van der Waals surface area contributed by atoms with Gasteiger partial charge < -0.3 is 14.2 Å². The second-order valence-corrected chi connectivity index (χ2v) is 6.28. The molecule has 0 spiro atoms. The smallest absolute Gasteiger partial charge is 0.227 e. The predicted octanol–water partition coefficient (Wildman–Crippen LogP) is 2.83. The van der Waals surface area contributed by atoms with Crippen molar-refractivity contribution in [2.24, 2.45) is 7.05 Å². The van der Waals surface area contributed by atoms with Gasteiger partial charge in [0, 0.05) is 31.8 Å². The van der Waals surface area contributed by atoms with Crippen LogP contribution >= 0.6 is 11.6 Å². The van der Waals surface area contributed by atoms with Gasteiger partial charge in [-0.25, -0.2) is 15.0 Å². The average molecular weight is 344 g/mol. The molecule has 6 nitrogen and oxygen atoms in total. The zero-order chi connectivity index (χ0) is 16.7. The summed E-state index contributed by atoms with van der Waals surface area (Å²) in [4.78, 5) is 15.7. The molecule has 0 radical (unpaired) electrons. The van der Waals surface area contributed by atoms with Gasteiger partial charge in [0.2, 0.25) is 5.95 Å². The van der Waals surface area contributed by atoms with Gasteiger partial charge in [0.1, 0.15) is 11.0 Å². The third-order valence-electron chi connectivity index (χ3n) is 4.38. The maximum atomic E-state index is 6.25. The lowest BCUT2D eigenvalue weighted by Crippen LogP contribution is -2.37. The van der Waals surface area contributed by atoms with Crippen molar-refractivity contribution in [3.05, 3.63) is 35.2 Å². The molecule has 0 atom stereocenters. The SMILES string of the molecule is Cc1nc2ccc(-c3cc(Cl)nc(N4CCOCC4)n3)cc2n1C. The molecule has 3 aromatic rings. The van der Waals surface area contributed by atoms with Gasteiger partial charge >= 0.3 is 0 Å². The van der Waals surface area contributed by atoms with Gasteiger partial charge in [-0.05, 0) is 19.1 Å². The van der Waals surface area contributed by atoms with Gasteiger partial charge in [0.05, 0.1) is 29.9 Å². The molecule has 0 aliphatic carbocycles. The van der Waals surface area contributed by atoms with E-state index in [2.05, 4.69) is 25.5 Å². The third-order valence-corrected chi connectivity index (χ3v) is 4.57. The van der Waals surface area contributed by atoms with Crippen LogP contribution in [0.1, 0.15) is 5.82 Å². The van der Waals surface area contributed by atoms with Gasteiger partial charge in [-0.3, -0.25) is 0 Å². The fourth-order valence-electron chi connectivity index (χ4n) is 2.93. The first-order valence-corrected chi connectivity index (χ1v) is 8.30. The Bertz CT molecular complexity index is 901. The summed E-state index contributed by atoms with van der Waals surface area (Å²) in [6, 6.07) is 7.94. The van der Waals surface area contributed by atoms with Gasteiger partial charge in [0.25, 0.3) is 0 Å². The molecule has 0 unspecified atom stereocenters. The highest BCUT2D eigenvalue weighted by Gasteiger charge is 2.16. The molecule has 1 aromatic carbocycles. The number of hydrogen-bond acceptors (Lipinski definition) is 5. The fourth-order valence-corrected chi connectivity index (χ4v) is 3.11. The summed E-state index contributed by atoms with van der Waals surface area (Å²) in [7, 11) is 2.01. The number of rotatable bonds is 2. The number of fused-ring (bicyclic) bond motifs is 1. The van der Waals surface area contributed by atoms with Crippen LogP contribution in [0.25, 0.3) is 22.3 Å². The van der Waals surface area contributed by atoms with E-state index in [9.17, 15) is 0 Å². The number of ether oxygens (including phenoxy) is 1. The fraction of sp³-hybridized carbons (Fsp3) is 0.353. The van der Waals surface area contributed by atoms with Crippen molar-refractivity contribution in [2.75, 3.05) is 31.2 Å². The van der Waals surface area contributed by atoms with E-state index in [0.717, 1.165) is 41.2 Å². The summed E-state index contributed by atoms with van der Waals surface area (Å²) in [5, 5.41) is 0.447. The summed E-state index contributed by atoms with van der Waals surface area (Å²) in [5.74, 6) is 1.64. The van der Waals surface area contributed by atoms with E-state index in [4.69, 9.17) is 21.3 Å². The predicted molar refractivity (Wildman–Crippen MR) is 94.5 cm³/mol. The molecule has 0 saturated carbocycles. The lowest BCUT2D eigenvalue weighted by atomic mass is 10.1. The monoisotopic (exact) mass is 343 g/mol. The first-order valence-electron chi connectivity index (χ1n) is 7.92.